The van der Waals surface area contributed by atoms with Crippen LogP contribution in [-0.4, -0.2) is 30.7 Å². The minimum Gasteiger partial charge on any atom is -0.409 e. The van der Waals surface area contributed by atoms with Gasteiger partial charge in [0.2, 0.25) is 0 Å². The monoisotopic (exact) mass is 296 g/mol. The van der Waals surface area contributed by atoms with Crippen molar-refractivity contribution < 1.29 is 10.1 Å². The number of nitro groups is 1. The molecule has 0 saturated carbocycles. The van der Waals surface area contributed by atoms with Gasteiger partial charge in [0.15, 0.2) is 17.3 Å². The number of hydrogen-bond donors (Lipinski definition) is 2. The quantitative estimate of drug-likeness (QED) is 0.288. The summed E-state index contributed by atoms with van der Waals surface area (Å²) < 4.78 is 1.34. The predicted octanol–water partition coefficient (Wildman–Crippen LogP) is 1.23. The Kier molecular flexibility index (Phi) is 3.53. The molecule has 0 aliphatic rings. The molecule has 0 aliphatic carbocycles. The lowest BCUT2D eigenvalue weighted by Gasteiger charge is -2.04. The van der Waals surface area contributed by atoms with E-state index in [4.69, 9.17) is 22.5 Å². The highest BCUT2D eigenvalue weighted by atomic mass is 35.5. The zero-order valence-corrected chi connectivity index (χ0v) is 10.9. The summed E-state index contributed by atoms with van der Waals surface area (Å²) in [5.74, 6) is -0.208. The van der Waals surface area contributed by atoms with Gasteiger partial charge >= 0.3 is 0 Å². The summed E-state index contributed by atoms with van der Waals surface area (Å²) in [5.41, 5.74) is 5.35. The summed E-state index contributed by atoms with van der Waals surface area (Å²) in [5, 5.41) is 26.8. The lowest BCUT2D eigenvalue weighted by molar-refractivity contribution is -0.385. The summed E-state index contributed by atoms with van der Waals surface area (Å²) in [6.45, 7) is 1.70. The molecule has 0 bridgehead atoms. The molecule has 0 spiro atoms. The lowest BCUT2D eigenvalue weighted by Crippen LogP contribution is -2.18. The lowest BCUT2D eigenvalue weighted by atomic mass is 10.2. The third-order valence-corrected chi connectivity index (χ3v) is 2.85. The first-order valence-electron chi connectivity index (χ1n) is 5.29. The van der Waals surface area contributed by atoms with E-state index in [1.54, 1.807) is 6.92 Å². The second-order valence-electron chi connectivity index (χ2n) is 3.79. The second kappa shape index (κ2) is 5.13. The molecule has 104 valence electrons. The van der Waals surface area contributed by atoms with Crippen molar-refractivity contribution in [2.45, 2.75) is 6.92 Å². The Morgan fingerprint density at radius 2 is 2.30 bits per heavy atom. The molecule has 9 nitrogen and oxygen atoms in total. The van der Waals surface area contributed by atoms with Gasteiger partial charge in [-0.05, 0) is 13.0 Å². The van der Waals surface area contributed by atoms with Crippen LogP contribution in [-0.2, 0) is 0 Å². The second-order valence-corrected chi connectivity index (χ2v) is 4.19. The minimum absolute atomic E-state index is 0.251. The molecule has 0 aromatic carbocycles. The maximum atomic E-state index is 10.9. The smallest absolute Gasteiger partial charge is 0.298 e. The average molecular weight is 297 g/mol. The molecular weight excluding hydrogens is 288 g/mol. The van der Waals surface area contributed by atoms with Crippen LogP contribution >= 0.6 is 11.6 Å². The normalized spacial score (nSPS) is 11.6. The van der Waals surface area contributed by atoms with Crippen molar-refractivity contribution in [3.63, 3.8) is 0 Å². The first-order valence-corrected chi connectivity index (χ1v) is 5.67. The standard InChI is InChI=1S/C10H9ClN6O3/c1-5-6(11)4-16(14-5)8-3-2-7(17(19)20)9(13-8)10(12)15-18/h2-4,18H,1H3,(H2,12,15). The van der Waals surface area contributed by atoms with Crippen LogP contribution in [0.5, 0.6) is 0 Å². The number of pyridine rings is 1. The molecule has 2 aromatic rings. The number of rotatable bonds is 3. The van der Waals surface area contributed by atoms with Gasteiger partial charge in [-0.1, -0.05) is 16.8 Å². The van der Waals surface area contributed by atoms with Crippen molar-refractivity contribution in [3.05, 3.63) is 44.9 Å². The fourth-order valence-electron chi connectivity index (χ4n) is 1.51. The molecule has 3 N–H and O–H groups in total. The van der Waals surface area contributed by atoms with E-state index in [9.17, 15) is 10.1 Å². The van der Waals surface area contributed by atoms with Gasteiger partial charge in [-0.15, -0.1) is 0 Å². The van der Waals surface area contributed by atoms with E-state index in [1.807, 2.05) is 0 Å². The molecule has 20 heavy (non-hydrogen) atoms. The Morgan fingerprint density at radius 1 is 1.60 bits per heavy atom. The van der Waals surface area contributed by atoms with Gasteiger partial charge < -0.3 is 10.9 Å². The van der Waals surface area contributed by atoms with Crippen molar-refractivity contribution in [1.29, 1.82) is 0 Å². The maximum Gasteiger partial charge on any atom is 0.298 e. The topological polar surface area (TPSA) is 132 Å². The number of aryl methyl sites for hydroxylation is 1. The summed E-state index contributed by atoms with van der Waals surface area (Å²) in [7, 11) is 0. The molecule has 0 amide bonds. The van der Waals surface area contributed by atoms with Gasteiger partial charge in [-0.2, -0.15) is 5.10 Å². The van der Waals surface area contributed by atoms with Crippen LogP contribution in [0.1, 0.15) is 11.4 Å². The first-order chi connectivity index (χ1) is 9.43. The maximum absolute atomic E-state index is 10.9. The number of halogens is 1. The summed E-state index contributed by atoms with van der Waals surface area (Å²) in [6, 6.07) is 2.58. The fraction of sp³-hybridized carbons (Fsp3) is 0.100. The molecule has 0 unspecified atom stereocenters. The Bertz CT molecular complexity index is 692. The van der Waals surface area contributed by atoms with Crippen LogP contribution in [0.25, 0.3) is 5.82 Å². The summed E-state index contributed by atoms with van der Waals surface area (Å²) in [4.78, 5) is 14.2. The molecule has 0 aliphatic heterocycles. The minimum atomic E-state index is -0.675. The summed E-state index contributed by atoms with van der Waals surface area (Å²) >= 11 is 5.88. The molecule has 10 heteroatoms. The third kappa shape index (κ3) is 2.38. The number of nitrogens with zero attached hydrogens (tertiary/aromatic N) is 5. The fourth-order valence-corrected chi connectivity index (χ4v) is 1.64. The van der Waals surface area contributed by atoms with Crippen LogP contribution < -0.4 is 5.73 Å². The van der Waals surface area contributed by atoms with Crippen LogP contribution in [0.3, 0.4) is 0 Å². The SMILES string of the molecule is Cc1nn(-c2ccc([N+](=O)[O-])c(/C(N)=N/O)n2)cc1Cl. The van der Waals surface area contributed by atoms with Gasteiger partial charge in [0.1, 0.15) is 0 Å². The highest BCUT2D eigenvalue weighted by Crippen LogP contribution is 2.20. The molecule has 0 radical (unpaired) electrons. The van der Waals surface area contributed by atoms with Gasteiger partial charge in [0.25, 0.3) is 5.69 Å². The highest BCUT2D eigenvalue weighted by molar-refractivity contribution is 6.31. The van der Waals surface area contributed by atoms with E-state index in [2.05, 4.69) is 15.2 Å². The van der Waals surface area contributed by atoms with Gasteiger partial charge in [-0.25, -0.2) is 9.67 Å². The number of hydrogen-bond acceptors (Lipinski definition) is 6. The number of aromatic nitrogens is 3. The van der Waals surface area contributed by atoms with E-state index in [1.165, 1.54) is 23.0 Å². The first kappa shape index (κ1) is 13.7. The Hall–Kier alpha value is -2.68. The molecule has 0 atom stereocenters. The van der Waals surface area contributed by atoms with E-state index in [-0.39, 0.29) is 17.2 Å². The molecule has 2 rings (SSSR count). The van der Waals surface area contributed by atoms with Crippen LogP contribution in [0.4, 0.5) is 5.69 Å². The van der Waals surface area contributed by atoms with Crippen molar-refractivity contribution in [2.24, 2.45) is 10.9 Å². The van der Waals surface area contributed by atoms with Crippen LogP contribution in [0.2, 0.25) is 5.02 Å². The van der Waals surface area contributed by atoms with Crippen molar-refractivity contribution in [3.8, 4) is 5.82 Å². The third-order valence-electron chi connectivity index (χ3n) is 2.48. The van der Waals surface area contributed by atoms with Gasteiger partial charge in [-0.3, -0.25) is 10.1 Å². The zero-order valence-electron chi connectivity index (χ0n) is 10.2. The molecule has 2 aromatic heterocycles. The van der Waals surface area contributed by atoms with E-state index in [0.717, 1.165) is 0 Å². The molecular formula is C10H9ClN6O3. The van der Waals surface area contributed by atoms with Crippen molar-refractivity contribution in [2.75, 3.05) is 0 Å². The summed E-state index contributed by atoms with van der Waals surface area (Å²) in [6.07, 6.45) is 1.50. The highest BCUT2D eigenvalue weighted by Gasteiger charge is 2.20. The Balaban J connectivity index is 2.60. The Labute approximate surface area is 117 Å². The average Bonchev–Trinajstić information content (AvgIpc) is 2.77. The van der Waals surface area contributed by atoms with Gasteiger partial charge in [0, 0.05) is 6.07 Å². The zero-order chi connectivity index (χ0) is 14.9. The number of oxime groups is 1. The van der Waals surface area contributed by atoms with Crippen LogP contribution in [0, 0.1) is 17.0 Å². The molecule has 0 saturated heterocycles. The largest absolute Gasteiger partial charge is 0.409 e. The number of nitrogens with two attached hydrogens (primary N) is 1. The Morgan fingerprint density at radius 3 is 2.80 bits per heavy atom. The van der Waals surface area contributed by atoms with E-state index < -0.39 is 10.8 Å². The molecule has 0 fully saturated rings. The molecule has 2 heterocycles. The van der Waals surface area contributed by atoms with Crippen molar-refractivity contribution in [1.82, 2.24) is 14.8 Å². The van der Waals surface area contributed by atoms with Crippen molar-refractivity contribution >= 4 is 23.1 Å². The van der Waals surface area contributed by atoms with Crippen LogP contribution in [0.15, 0.2) is 23.5 Å². The van der Waals surface area contributed by atoms with Gasteiger partial charge in [0.05, 0.1) is 21.8 Å². The van der Waals surface area contributed by atoms with E-state index >= 15 is 0 Å². The van der Waals surface area contributed by atoms with E-state index in [0.29, 0.717) is 10.7 Å². The predicted molar refractivity (Wildman–Crippen MR) is 70.3 cm³/mol. The number of amidine groups is 1.